The quantitative estimate of drug-likeness (QED) is 0.234. The molecule has 6 heteroatoms. The molecule has 2 nitrogen and oxygen atoms in total. The van der Waals surface area contributed by atoms with E-state index in [1.54, 1.807) is 6.92 Å². The van der Waals surface area contributed by atoms with Gasteiger partial charge < -0.3 is 17.4 Å². The largest absolute Gasteiger partial charge is 0.367 e. The first kappa shape index (κ1) is 36.2. The van der Waals surface area contributed by atoms with Crippen molar-refractivity contribution in [3.8, 4) is 0 Å². The Bertz CT molecular complexity index is 43.7. The van der Waals surface area contributed by atoms with E-state index in [2.05, 4.69) is 13.8 Å². The number of hydrogen-bond donors (Lipinski definition) is 1. The van der Waals surface area contributed by atoms with Crippen LogP contribution in [0.1, 0.15) is 26.7 Å². The summed E-state index contributed by atoms with van der Waals surface area (Å²) < 4.78 is 4.85. The normalized spacial score (nSPS) is 5.54. The van der Waals surface area contributed by atoms with Gasteiger partial charge in [0, 0.05) is 48.7 Å². The molecule has 0 rings (SSSR count). The van der Waals surface area contributed by atoms with E-state index in [-0.39, 0.29) is 61.9 Å². The molecule has 0 aromatic rings. The Morgan fingerprint density at radius 1 is 1.15 bits per heavy atom. The van der Waals surface area contributed by atoms with Crippen LogP contribution in [0.4, 0.5) is 0 Å². The molecule has 0 heterocycles. The average Bonchev–Trinajstić information content (AvgIpc) is 1.94. The summed E-state index contributed by atoms with van der Waals surface area (Å²) in [6.45, 7) is 8.30. The first-order chi connectivity index (χ1) is 4.41. The molecule has 0 aromatic heterocycles. The van der Waals surface area contributed by atoms with E-state index in [9.17, 15) is 0 Å². The second kappa shape index (κ2) is 47.8. The molecule has 0 saturated heterocycles. The Labute approximate surface area is 119 Å². The van der Waals surface area contributed by atoms with Gasteiger partial charge in [0.05, 0.1) is 6.73 Å². The minimum absolute atomic E-state index is 0. The zero-order chi connectivity index (χ0) is 7.54. The second-order valence-corrected chi connectivity index (χ2v) is 1.43. The Morgan fingerprint density at radius 3 is 1.77 bits per heavy atom. The van der Waals surface area contributed by atoms with Crippen LogP contribution in [0.15, 0.2) is 0 Å². The van der Waals surface area contributed by atoms with Crippen molar-refractivity contribution in [2.24, 2.45) is 5.73 Å². The maximum atomic E-state index is 5.05. The Hall–Kier alpha value is 2.16. The predicted molar refractivity (Wildman–Crippen MR) is 63.2 cm³/mol. The van der Waals surface area contributed by atoms with Crippen molar-refractivity contribution in [3.63, 3.8) is 0 Å². The second-order valence-electron chi connectivity index (χ2n) is 1.43. The molecule has 0 bridgehead atoms. The molecule has 0 aromatic carbocycles. The molecular weight excluding hydrogens is 566 g/mol. The summed E-state index contributed by atoms with van der Waals surface area (Å²) in [5, 5.41) is 0. The van der Waals surface area contributed by atoms with Gasteiger partial charge in [-0.2, -0.15) is 26.7 Å². The first-order valence-corrected chi connectivity index (χ1v) is 3.40. The molecule has 13 heavy (non-hydrogen) atoms. The van der Waals surface area contributed by atoms with Crippen molar-refractivity contribution in [1.82, 2.24) is 0 Å². The molecule has 0 radical (unpaired) electrons. The van der Waals surface area contributed by atoms with Gasteiger partial charge in [-0.15, -0.1) is 0 Å². The van der Waals surface area contributed by atoms with Gasteiger partial charge in [0.25, 0.3) is 0 Å². The molecule has 2 unspecified atom stereocenters. The van der Waals surface area contributed by atoms with E-state index in [0.29, 0.717) is 6.73 Å². The minimum Gasteiger partial charge on any atom is -0.367 e. The van der Waals surface area contributed by atoms with E-state index in [1.165, 1.54) is 6.42 Å². The summed E-state index contributed by atoms with van der Waals surface area (Å²) >= 11 is 0. The van der Waals surface area contributed by atoms with Gasteiger partial charge in [-0.1, -0.05) is 13.3 Å². The molecule has 0 aliphatic rings. The van der Waals surface area contributed by atoms with Gasteiger partial charge in [-0.25, -0.2) is 0 Å². The number of rotatable bonds is 4. The summed E-state index contributed by atoms with van der Waals surface area (Å²) in [4.78, 5) is 0. The minimum atomic E-state index is 0. The third-order valence-electron chi connectivity index (χ3n) is 0.760. The molecule has 0 fully saturated rings. The van der Waals surface area contributed by atoms with Crippen molar-refractivity contribution >= 4 is 19.8 Å². The van der Waals surface area contributed by atoms with Crippen molar-refractivity contribution in [3.05, 3.63) is 6.92 Å². The van der Waals surface area contributed by atoms with Crippen molar-refractivity contribution in [1.29, 1.82) is 0 Å². The van der Waals surface area contributed by atoms with Crippen LogP contribution in [-0.2, 0) is 46.9 Å². The predicted octanol–water partition coefficient (Wildman–Crippen LogP) is 1.67. The van der Waals surface area contributed by atoms with Crippen molar-refractivity contribution < 1.29 is 46.9 Å². The van der Waals surface area contributed by atoms with Crippen LogP contribution in [0.2, 0.25) is 0 Å². The first-order valence-electron chi connectivity index (χ1n) is 3.40. The van der Waals surface area contributed by atoms with Gasteiger partial charge in [0.15, 0.2) is 0 Å². The van der Waals surface area contributed by atoms with Gasteiger partial charge in [-0.3, -0.25) is 0 Å². The summed E-state index contributed by atoms with van der Waals surface area (Å²) in [6, 6.07) is 0. The molecule has 0 amide bonds. The standard InChI is InChI=1S/C5H13NO.C2H5.2H3P.2Pt/c1-2-3-4-7-5-6;1-2;;;;/h2-6H2,1H3;1H2,2H3;2*1H3;;/q;-1;;;;. The average molecular weight is 590 g/mol. The zero-order valence-corrected chi connectivity index (χ0v) is 15.9. The summed E-state index contributed by atoms with van der Waals surface area (Å²) in [5.41, 5.74) is 5.05. The molecule has 94 valence electrons. The van der Waals surface area contributed by atoms with E-state index < -0.39 is 0 Å². The number of unbranched alkanes of at least 4 members (excludes halogenated alkanes) is 1. The summed E-state index contributed by atoms with van der Waals surface area (Å²) in [6.07, 6.45) is 2.30. The molecule has 2 atom stereocenters. The fraction of sp³-hybridized carbons (Fsp3) is 0.857. The fourth-order valence-electron chi connectivity index (χ4n) is 0.330. The Kier molecular flexibility index (Phi) is 133. The molecule has 0 aliphatic heterocycles. The van der Waals surface area contributed by atoms with Crippen molar-refractivity contribution in [2.75, 3.05) is 13.3 Å². The van der Waals surface area contributed by atoms with Gasteiger partial charge in [0.2, 0.25) is 0 Å². The molecule has 0 aliphatic carbocycles. The molecule has 0 saturated carbocycles. The number of nitrogens with two attached hydrogens (primary N) is 1. The third-order valence-corrected chi connectivity index (χ3v) is 0.760. The maximum absolute atomic E-state index is 5.05. The van der Waals surface area contributed by atoms with Crippen LogP contribution < -0.4 is 5.73 Å². The summed E-state index contributed by atoms with van der Waals surface area (Å²) in [7, 11) is 0. The molecular formula is C7H24NOP2Pt2-. The third kappa shape index (κ3) is 55.2. The van der Waals surface area contributed by atoms with E-state index >= 15 is 0 Å². The van der Waals surface area contributed by atoms with E-state index in [4.69, 9.17) is 10.5 Å². The van der Waals surface area contributed by atoms with Gasteiger partial charge in [-0.05, 0) is 6.42 Å². The molecule has 0 spiro atoms. The SMILES string of the molecule is CCCCOCN.P.P.[CH2-]C.[Pt].[Pt]. The topological polar surface area (TPSA) is 35.2 Å². The Morgan fingerprint density at radius 2 is 1.54 bits per heavy atom. The van der Waals surface area contributed by atoms with E-state index in [0.717, 1.165) is 13.0 Å². The van der Waals surface area contributed by atoms with Crippen LogP contribution in [-0.4, -0.2) is 13.3 Å². The van der Waals surface area contributed by atoms with Gasteiger partial charge in [0.1, 0.15) is 0 Å². The van der Waals surface area contributed by atoms with Crippen LogP contribution in [0, 0.1) is 6.92 Å². The van der Waals surface area contributed by atoms with Crippen molar-refractivity contribution in [2.45, 2.75) is 26.7 Å². The van der Waals surface area contributed by atoms with Crippen LogP contribution in [0.3, 0.4) is 0 Å². The number of ether oxygens (including phenoxy) is 1. The Balaban J connectivity index is -0.0000000191. The number of hydrogen-bond acceptors (Lipinski definition) is 2. The van der Waals surface area contributed by atoms with E-state index in [1.807, 2.05) is 0 Å². The van der Waals surface area contributed by atoms with Crippen LogP contribution in [0.25, 0.3) is 0 Å². The maximum Gasteiger partial charge on any atom is 0.0940 e. The van der Waals surface area contributed by atoms with Crippen LogP contribution in [0.5, 0.6) is 0 Å². The summed E-state index contributed by atoms with van der Waals surface area (Å²) in [5.74, 6) is 0. The van der Waals surface area contributed by atoms with Crippen LogP contribution >= 0.6 is 19.8 Å². The van der Waals surface area contributed by atoms with Gasteiger partial charge >= 0.3 is 0 Å². The monoisotopic (exact) mass is 590 g/mol. The molecule has 2 N–H and O–H groups in total. The zero-order valence-electron chi connectivity index (χ0n) is 8.57. The smallest absolute Gasteiger partial charge is 0.0940 e. The fourth-order valence-corrected chi connectivity index (χ4v) is 0.330.